The number of sulfonamides is 1. The quantitative estimate of drug-likeness (QED) is 0.0329. The first-order valence-corrected chi connectivity index (χ1v) is 28.6. The van der Waals surface area contributed by atoms with Crippen molar-refractivity contribution in [2.24, 2.45) is 0 Å². The number of halogens is 6. The molecule has 90 heavy (non-hydrogen) atoms. The number of fused-ring (bicyclic) bond motifs is 1. The third-order valence-corrected chi connectivity index (χ3v) is 14.5. The molecule has 4 aromatic rings. The lowest BCUT2D eigenvalue weighted by Gasteiger charge is -2.32. The molecule has 0 aliphatic carbocycles. The number of carboxylic acids is 4. The summed E-state index contributed by atoms with van der Waals surface area (Å²) < 4.78 is 94.2. The number of aliphatic hydroxyl groups excluding tert-OH is 4. The number of pyridine rings is 1. The van der Waals surface area contributed by atoms with Gasteiger partial charge in [-0.1, -0.05) is 30.7 Å². The maximum atomic E-state index is 13.9. The topological polar surface area (TPSA) is 439 Å². The summed E-state index contributed by atoms with van der Waals surface area (Å²) in [6, 6.07) is 5.68. The van der Waals surface area contributed by atoms with Crippen LogP contribution in [0, 0.1) is 20.8 Å². The summed E-state index contributed by atoms with van der Waals surface area (Å²) in [7, 11) is -2.36. The monoisotopic (exact) mass is 1320 g/mol. The second-order valence-corrected chi connectivity index (χ2v) is 21.1. The van der Waals surface area contributed by atoms with Crippen LogP contribution in [0.3, 0.4) is 0 Å². The number of aliphatic hydroxyl groups is 4. The lowest BCUT2D eigenvalue weighted by molar-refractivity contribution is -0.193. The number of hydrogen-bond donors (Lipinski definition) is 14. The van der Waals surface area contributed by atoms with E-state index in [9.17, 15) is 84.0 Å². The highest BCUT2D eigenvalue weighted by molar-refractivity contribution is 7.89. The third-order valence-electron chi connectivity index (χ3n) is 12.8. The van der Waals surface area contributed by atoms with E-state index in [1.807, 2.05) is 4.90 Å². The van der Waals surface area contributed by atoms with Gasteiger partial charge in [-0.15, -0.1) is 0 Å². The lowest BCUT2D eigenvalue weighted by Crippen LogP contribution is -2.51. The molecule has 0 radical (unpaired) electrons. The van der Waals surface area contributed by atoms with Crippen molar-refractivity contribution >= 4 is 68.5 Å². The molecule has 0 bridgehead atoms. The smallest absolute Gasteiger partial charge is 0.480 e. The first-order chi connectivity index (χ1) is 42.2. The van der Waals surface area contributed by atoms with Gasteiger partial charge in [-0.3, -0.25) is 48.4 Å². The van der Waals surface area contributed by atoms with Gasteiger partial charge in [0.05, 0.1) is 37.0 Å². The van der Waals surface area contributed by atoms with Crippen molar-refractivity contribution in [2.45, 2.75) is 83.0 Å². The number of carbonyl (C=O) groups is 7. The van der Waals surface area contributed by atoms with Gasteiger partial charge < -0.3 is 71.7 Å². The Hall–Kier alpha value is -7.88. The van der Waals surface area contributed by atoms with Crippen molar-refractivity contribution in [1.82, 2.24) is 54.8 Å². The zero-order valence-electron chi connectivity index (χ0n) is 50.0. The number of aromatic nitrogens is 3. The predicted octanol–water partition coefficient (Wildman–Crippen LogP) is -0.486. The van der Waals surface area contributed by atoms with E-state index >= 15 is 0 Å². The third kappa shape index (κ3) is 27.9. The molecule has 3 heterocycles. The average molecular weight is 1320 g/mol. The molecule has 2 aromatic heterocycles. The van der Waals surface area contributed by atoms with Crippen LogP contribution in [-0.4, -0.2) is 256 Å². The second-order valence-electron chi connectivity index (χ2n) is 19.4. The molecule has 0 spiro atoms. The number of aromatic amines is 1. The molecule has 2 aromatic carbocycles. The Labute approximate surface area is 512 Å². The molecule has 3 amide bonds. The molecule has 1 aliphatic rings. The summed E-state index contributed by atoms with van der Waals surface area (Å²) in [4.78, 5) is 111. The summed E-state index contributed by atoms with van der Waals surface area (Å²) in [5.41, 5.74) is 1.90. The summed E-state index contributed by atoms with van der Waals surface area (Å²) in [5, 5.41) is 78.9. The normalized spacial score (nSPS) is 14.5. The van der Waals surface area contributed by atoms with Crippen LogP contribution in [0.15, 0.2) is 58.6 Å². The Bertz CT molecular complexity index is 3090. The molecule has 37 heteroatoms. The molecule has 1 aliphatic heterocycles. The molecule has 1 fully saturated rings. The molecule has 30 nitrogen and oxygen atoms in total. The Morgan fingerprint density at radius 1 is 0.722 bits per heavy atom. The number of benzene rings is 2. The van der Waals surface area contributed by atoms with E-state index in [-0.39, 0.29) is 61.9 Å². The number of alkyl halides is 6. The summed E-state index contributed by atoms with van der Waals surface area (Å²) >= 11 is 0. The minimum Gasteiger partial charge on any atom is -0.480 e. The fraction of sp³-hybridized carbons (Fsp3) is 0.528. The zero-order chi connectivity index (χ0) is 68.7. The number of nitrogens with one attached hydrogen (secondary N) is 6. The zero-order valence-corrected chi connectivity index (χ0v) is 50.8. The number of carboxylic acid groups (broad SMARTS) is 4. The first kappa shape index (κ1) is 80.1. The molecule has 1 saturated heterocycles. The highest BCUT2D eigenvalue weighted by Crippen LogP contribution is 2.23. The van der Waals surface area contributed by atoms with Crippen molar-refractivity contribution in [3.05, 3.63) is 87.0 Å². The van der Waals surface area contributed by atoms with E-state index < -0.39 is 88.0 Å². The number of H-pyrrole nitrogens is 1. The number of nitrogens with zero attached hydrogens (tertiary/aromatic N) is 6. The minimum atomic E-state index is -5.08. The molecule has 506 valence electrons. The van der Waals surface area contributed by atoms with Crippen molar-refractivity contribution in [3.8, 4) is 0 Å². The maximum Gasteiger partial charge on any atom is 0.490 e. The van der Waals surface area contributed by atoms with Crippen molar-refractivity contribution in [3.63, 3.8) is 0 Å². The lowest BCUT2D eigenvalue weighted by atomic mass is 10.1. The Morgan fingerprint density at radius 3 is 1.67 bits per heavy atom. The SMILES string of the molecule is CC[C@H](NC(=O)CN1CCN(CO)CCN(CO)CCN(CC(=O)O)CC1)C(=O)NCCCn1cc(C(=O)NCC(NS(=O)(=O)c2c(C)cc(C)cc2C)C(=O)O)c(=O)c2ccc(CNc3ncc[nH]3)cc21.CO.CO.O=C(O)C(F)(F)F.O=C(O)C(F)(F)F. The highest BCUT2D eigenvalue weighted by atomic mass is 32.2. The van der Waals surface area contributed by atoms with E-state index in [1.54, 1.807) is 89.7 Å². The fourth-order valence-electron chi connectivity index (χ4n) is 8.50. The van der Waals surface area contributed by atoms with Crippen LogP contribution in [0.4, 0.5) is 32.3 Å². The molecule has 1 unspecified atom stereocenters. The van der Waals surface area contributed by atoms with E-state index in [0.29, 0.717) is 87.9 Å². The van der Waals surface area contributed by atoms with Gasteiger partial charge in [0.1, 0.15) is 17.6 Å². The maximum absolute atomic E-state index is 13.9. The summed E-state index contributed by atoms with van der Waals surface area (Å²) in [6.45, 7) is 8.95. The van der Waals surface area contributed by atoms with Crippen LogP contribution in [0.2, 0.25) is 0 Å². The minimum absolute atomic E-state index is 0.0771. The van der Waals surface area contributed by atoms with Gasteiger partial charge in [-0.25, -0.2) is 23.0 Å². The average Bonchev–Trinajstić information content (AvgIpc) is 0.847. The Balaban J connectivity index is 0.00000198. The summed E-state index contributed by atoms with van der Waals surface area (Å²) in [5.74, 6) is -9.36. The molecule has 14 N–H and O–H groups in total. The number of hydrogen-bond acceptors (Lipinski definition) is 20. The van der Waals surface area contributed by atoms with Gasteiger partial charge >= 0.3 is 36.2 Å². The van der Waals surface area contributed by atoms with E-state index in [1.165, 1.54) is 6.20 Å². The van der Waals surface area contributed by atoms with Crippen LogP contribution >= 0.6 is 0 Å². The number of carbonyl (C=O) groups excluding carboxylic acids is 3. The van der Waals surface area contributed by atoms with Gasteiger partial charge in [0.25, 0.3) is 5.91 Å². The molecular formula is C53H78F6N12O18S. The van der Waals surface area contributed by atoms with Crippen LogP contribution in [0.25, 0.3) is 10.9 Å². The number of aryl methyl sites for hydroxylation is 4. The van der Waals surface area contributed by atoms with Crippen molar-refractivity contribution in [2.75, 3.05) is 112 Å². The van der Waals surface area contributed by atoms with Crippen molar-refractivity contribution < 1.29 is 109 Å². The van der Waals surface area contributed by atoms with Gasteiger partial charge in [-0.2, -0.15) is 31.1 Å². The highest BCUT2D eigenvalue weighted by Gasteiger charge is 2.39. The van der Waals surface area contributed by atoms with Gasteiger partial charge in [0.15, 0.2) is 5.95 Å². The van der Waals surface area contributed by atoms with Crippen LogP contribution in [-0.2, 0) is 51.9 Å². The number of anilines is 1. The number of aliphatic carboxylic acids is 4. The Kier molecular flexibility index (Phi) is 35.0. The number of imidazole rings is 1. The van der Waals surface area contributed by atoms with E-state index in [2.05, 4.69) is 36.0 Å². The van der Waals surface area contributed by atoms with Gasteiger partial charge in [0.2, 0.25) is 27.3 Å². The largest absolute Gasteiger partial charge is 0.490 e. The summed E-state index contributed by atoms with van der Waals surface area (Å²) in [6.07, 6.45) is -5.03. The predicted molar refractivity (Wildman–Crippen MR) is 310 cm³/mol. The van der Waals surface area contributed by atoms with E-state index in [4.69, 9.17) is 30.0 Å². The molecule has 2 atom stereocenters. The second kappa shape index (κ2) is 39.3. The van der Waals surface area contributed by atoms with Gasteiger partial charge in [0, 0.05) is 117 Å². The number of rotatable bonds is 23. The Morgan fingerprint density at radius 2 is 1.22 bits per heavy atom. The van der Waals surface area contributed by atoms with Crippen molar-refractivity contribution in [1.29, 1.82) is 0 Å². The van der Waals surface area contributed by atoms with Crippen LogP contribution in [0.5, 0.6) is 0 Å². The molecule has 5 rings (SSSR count). The van der Waals surface area contributed by atoms with Crippen LogP contribution in [0.1, 0.15) is 52.4 Å². The first-order valence-electron chi connectivity index (χ1n) is 27.1. The fourth-order valence-corrected chi connectivity index (χ4v) is 10.1. The number of amides is 3. The standard InChI is InChI=1S/C47H68N12O12S.2C2HF3O2.2CH4O/c1-5-37(53-40(62)27-55-13-14-56(28-41(63)64)16-18-58(30-61)20-19-57(29-60)17-15-55)45(67)48-9-6-12-59-26-36(42(65)35-8-7-34(23-39(35)59)24-52-47-49-10-11-50-47)44(66)51-25-38(46(68)69)54-72(70,71)43-32(3)21-31(2)22-33(43)4;2*3-2(4,5)1(6)7;2*1-2/h7-8,10-11,21-23,26,37-38,54,60-61H,5-6,9,12-20,24-25,27-30H2,1-4H3,(H,48,67)(H,51,66)(H,53,62)(H,63,64)(H,68,69)(H2,49,50,52);2*(H,6,7);2*2H,1H3/t37-,38?;;;;/m0..../s1. The van der Waals surface area contributed by atoms with Gasteiger partial charge in [-0.05, 0) is 62.4 Å². The van der Waals surface area contributed by atoms with Crippen LogP contribution < -0.4 is 31.4 Å². The molecular weight excluding hydrogens is 1240 g/mol. The van der Waals surface area contributed by atoms with E-state index in [0.717, 1.165) is 25.3 Å². The molecule has 0 saturated carbocycles.